The number of aryl methyl sites for hydroxylation is 1. The zero-order chi connectivity index (χ0) is 20.9. The maximum atomic E-state index is 12.8. The average molecular weight is 407 g/mol. The van der Waals surface area contributed by atoms with Gasteiger partial charge in [0.15, 0.2) is 5.82 Å². The fourth-order valence-electron chi connectivity index (χ4n) is 3.73. The van der Waals surface area contributed by atoms with Gasteiger partial charge in [-0.2, -0.15) is 0 Å². The van der Waals surface area contributed by atoms with E-state index < -0.39 is 0 Å². The van der Waals surface area contributed by atoms with Crippen molar-refractivity contribution in [3.8, 4) is 0 Å². The number of anilines is 1. The molecule has 2 rings (SSSR count). The van der Waals surface area contributed by atoms with E-state index in [4.69, 9.17) is 4.52 Å². The van der Waals surface area contributed by atoms with Crippen LogP contribution in [-0.2, 0) is 9.59 Å². The van der Waals surface area contributed by atoms with Crippen LogP contribution < -0.4 is 5.32 Å². The number of hydrogen-bond donors (Lipinski definition) is 1. The first kappa shape index (κ1) is 23.4. The first-order chi connectivity index (χ1) is 14.1. The molecule has 1 N–H and O–H groups in total. The van der Waals surface area contributed by atoms with Gasteiger partial charge in [-0.25, -0.2) is 0 Å². The molecule has 0 aromatic carbocycles. The van der Waals surface area contributed by atoms with Crippen molar-refractivity contribution in [2.75, 3.05) is 38.0 Å². The van der Waals surface area contributed by atoms with Crippen LogP contribution in [0.2, 0.25) is 0 Å². The molecule has 164 valence electrons. The van der Waals surface area contributed by atoms with Crippen molar-refractivity contribution >= 4 is 17.6 Å². The summed E-state index contributed by atoms with van der Waals surface area (Å²) >= 11 is 0. The van der Waals surface area contributed by atoms with Crippen LogP contribution in [0.5, 0.6) is 0 Å². The first-order valence-electron chi connectivity index (χ1n) is 11.3. The molecule has 29 heavy (non-hydrogen) atoms. The van der Waals surface area contributed by atoms with Crippen molar-refractivity contribution in [2.45, 2.75) is 78.1 Å². The summed E-state index contributed by atoms with van der Waals surface area (Å²) in [6, 6.07) is 1.67. The fraction of sp³-hybridized carbons (Fsp3) is 0.773. The van der Waals surface area contributed by atoms with Crippen molar-refractivity contribution in [1.29, 1.82) is 0 Å². The van der Waals surface area contributed by atoms with Crippen LogP contribution in [0.15, 0.2) is 10.6 Å². The molecule has 0 radical (unpaired) electrons. The minimum Gasteiger partial charge on any atom is -0.360 e. The molecular weight excluding hydrogens is 368 g/mol. The van der Waals surface area contributed by atoms with Crippen LogP contribution in [0.4, 0.5) is 5.82 Å². The van der Waals surface area contributed by atoms with Crippen LogP contribution in [0.25, 0.3) is 0 Å². The number of amides is 2. The van der Waals surface area contributed by atoms with E-state index >= 15 is 0 Å². The van der Waals surface area contributed by atoms with Crippen molar-refractivity contribution in [1.82, 2.24) is 15.0 Å². The summed E-state index contributed by atoms with van der Waals surface area (Å²) < 4.78 is 4.99. The molecule has 1 aliphatic rings. The van der Waals surface area contributed by atoms with Crippen molar-refractivity contribution in [3.63, 3.8) is 0 Å². The van der Waals surface area contributed by atoms with Gasteiger partial charge in [-0.15, -0.1) is 0 Å². The average Bonchev–Trinajstić information content (AvgIpc) is 3.12. The Hall–Kier alpha value is -1.89. The lowest BCUT2D eigenvalue weighted by molar-refractivity contribution is -0.135. The summed E-state index contributed by atoms with van der Waals surface area (Å²) in [5.74, 6) is 0.880. The van der Waals surface area contributed by atoms with Gasteiger partial charge in [0.05, 0.1) is 6.54 Å². The Labute approximate surface area is 175 Å². The Kier molecular flexibility index (Phi) is 10.8. The second-order valence-corrected chi connectivity index (χ2v) is 8.11. The van der Waals surface area contributed by atoms with Crippen molar-refractivity contribution in [2.24, 2.45) is 0 Å². The highest BCUT2D eigenvalue weighted by Crippen LogP contribution is 2.12. The number of aromatic nitrogens is 1. The molecule has 1 fully saturated rings. The Bertz CT molecular complexity index is 611. The fourth-order valence-corrected chi connectivity index (χ4v) is 3.73. The quantitative estimate of drug-likeness (QED) is 0.501. The number of nitrogens with one attached hydrogen (secondary N) is 1. The van der Waals surface area contributed by atoms with Gasteiger partial charge in [0.25, 0.3) is 0 Å². The van der Waals surface area contributed by atoms with E-state index in [2.05, 4.69) is 22.3 Å². The molecule has 2 amide bonds. The van der Waals surface area contributed by atoms with Crippen LogP contribution in [0, 0.1) is 6.92 Å². The molecule has 0 spiro atoms. The normalized spacial score (nSPS) is 14.7. The SMILES string of the molecule is CCCCCCCCC(=O)N(CCN1CCCCC1)CC(=O)Nc1cc(C)on1. The minimum absolute atomic E-state index is 0.0639. The van der Waals surface area contributed by atoms with E-state index in [1.54, 1.807) is 17.9 Å². The molecule has 7 nitrogen and oxygen atoms in total. The molecule has 1 saturated heterocycles. The first-order valence-corrected chi connectivity index (χ1v) is 11.3. The third-order valence-corrected chi connectivity index (χ3v) is 5.46. The second-order valence-electron chi connectivity index (χ2n) is 8.11. The summed E-state index contributed by atoms with van der Waals surface area (Å²) in [6.07, 6.45) is 11.1. The van der Waals surface area contributed by atoms with Gasteiger partial charge in [-0.1, -0.05) is 50.6 Å². The number of piperidine rings is 1. The number of rotatable bonds is 13. The molecular formula is C22H38N4O3. The molecule has 1 aromatic heterocycles. The van der Waals surface area contributed by atoms with Gasteiger partial charge >= 0.3 is 0 Å². The maximum Gasteiger partial charge on any atom is 0.245 e. The summed E-state index contributed by atoms with van der Waals surface area (Å²) in [7, 11) is 0. The summed E-state index contributed by atoms with van der Waals surface area (Å²) in [4.78, 5) is 29.3. The standard InChI is InChI=1S/C22H38N4O3/c1-3-4-5-6-7-9-12-22(28)26(16-15-25-13-10-8-11-14-25)18-21(27)23-20-17-19(2)29-24-20/h17H,3-16,18H2,1-2H3,(H,23,24,27). The molecule has 1 aromatic rings. The smallest absolute Gasteiger partial charge is 0.245 e. The predicted molar refractivity (Wildman–Crippen MR) is 115 cm³/mol. The summed E-state index contributed by atoms with van der Waals surface area (Å²) in [6.45, 7) is 7.65. The molecule has 2 heterocycles. The van der Waals surface area contributed by atoms with Crippen LogP contribution >= 0.6 is 0 Å². The number of nitrogens with zero attached hydrogens (tertiary/aromatic N) is 3. The summed E-state index contributed by atoms with van der Waals surface area (Å²) in [5, 5.41) is 6.52. The Morgan fingerprint density at radius 2 is 1.86 bits per heavy atom. The van der Waals surface area contributed by atoms with Crippen LogP contribution in [0.1, 0.15) is 76.9 Å². The maximum absolute atomic E-state index is 12.8. The third-order valence-electron chi connectivity index (χ3n) is 5.46. The monoisotopic (exact) mass is 406 g/mol. The van der Waals surface area contributed by atoms with E-state index in [1.807, 2.05) is 0 Å². The zero-order valence-corrected chi connectivity index (χ0v) is 18.3. The van der Waals surface area contributed by atoms with Crippen molar-refractivity contribution in [3.05, 3.63) is 11.8 Å². The number of carbonyl (C=O) groups is 2. The van der Waals surface area contributed by atoms with Crippen LogP contribution in [0.3, 0.4) is 0 Å². The van der Waals surface area contributed by atoms with Gasteiger partial charge < -0.3 is 19.6 Å². The lowest BCUT2D eigenvalue weighted by atomic mass is 10.1. The Morgan fingerprint density at radius 3 is 2.55 bits per heavy atom. The lowest BCUT2D eigenvalue weighted by Crippen LogP contribution is -2.43. The number of hydrogen-bond acceptors (Lipinski definition) is 5. The second kappa shape index (κ2) is 13.4. The molecule has 0 atom stereocenters. The zero-order valence-electron chi connectivity index (χ0n) is 18.3. The predicted octanol–water partition coefficient (Wildman–Crippen LogP) is 3.99. The number of carbonyl (C=O) groups excluding carboxylic acids is 2. The molecule has 0 saturated carbocycles. The number of likely N-dealkylation sites (tertiary alicyclic amines) is 1. The molecule has 1 aliphatic heterocycles. The van der Waals surface area contributed by atoms with E-state index in [-0.39, 0.29) is 18.4 Å². The van der Waals surface area contributed by atoms with Crippen molar-refractivity contribution < 1.29 is 14.1 Å². The van der Waals surface area contributed by atoms with Gasteiger partial charge in [-0.3, -0.25) is 9.59 Å². The Morgan fingerprint density at radius 1 is 1.14 bits per heavy atom. The Balaban J connectivity index is 1.81. The van der Waals surface area contributed by atoms with E-state index in [0.29, 0.717) is 24.5 Å². The topological polar surface area (TPSA) is 78.7 Å². The van der Waals surface area contributed by atoms with E-state index in [1.165, 1.54) is 44.9 Å². The summed E-state index contributed by atoms with van der Waals surface area (Å²) in [5.41, 5.74) is 0. The van der Waals surface area contributed by atoms with Crippen LogP contribution in [-0.4, -0.2) is 59.5 Å². The molecule has 7 heteroatoms. The van der Waals surface area contributed by atoms with Gasteiger partial charge in [0.2, 0.25) is 11.8 Å². The highest BCUT2D eigenvalue weighted by atomic mass is 16.5. The lowest BCUT2D eigenvalue weighted by Gasteiger charge is -2.30. The van der Waals surface area contributed by atoms with Gasteiger partial charge in [0, 0.05) is 25.6 Å². The molecule has 0 aliphatic carbocycles. The molecule has 0 bridgehead atoms. The largest absolute Gasteiger partial charge is 0.360 e. The highest BCUT2D eigenvalue weighted by molar-refractivity contribution is 5.93. The minimum atomic E-state index is -0.228. The number of unbranched alkanes of at least 4 members (excludes halogenated alkanes) is 5. The third kappa shape index (κ3) is 9.43. The molecule has 0 unspecified atom stereocenters. The van der Waals surface area contributed by atoms with E-state index in [0.717, 1.165) is 32.5 Å². The van der Waals surface area contributed by atoms with E-state index in [9.17, 15) is 9.59 Å². The van der Waals surface area contributed by atoms with Gasteiger partial charge in [-0.05, 0) is 39.3 Å². The highest BCUT2D eigenvalue weighted by Gasteiger charge is 2.19. The van der Waals surface area contributed by atoms with Gasteiger partial charge in [0.1, 0.15) is 5.76 Å².